The largest absolute Gasteiger partial charge is 0.497 e. The Labute approximate surface area is 194 Å². The number of methoxy groups -OCH3 is 2. The number of carbonyl (C=O) groups is 1. The standard InChI is InChI=1S/C29H42O3/c1-19-13-16-29(18-31-3)21(17-19)7-10-23-24-11-12-26(28(24,2)15-14-25(23)29)27(30)20-5-8-22(32-4)9-6-20/h5-6,8-9,19,21,23-26H,7,10-18H2,1-4H3. The van der Waals surface area contributed by atoms with Crippen molar-refractivity contribution >= 4 is 5.78 Å². The van der Waals surface area contributed by atoms with Gasteiger partial charge in [-0.15, -0.1) is 0 Å². The number of carbonyl (C=O) groups excluding carboxylic acids is 1. The maximum atomic E-state index is 13.6. The topological polar surface area (TPSA) is 35.5 Å². The van der Waals surface area contributed by atoms with E-state index >= 15 is 0 Å². The van der Waals surface area contributed by atoms with E-state index in [1.807, 2.05) is 31.4 Å². The van der Waals surface area contributed by atoms with Crippen molar-refractivity contribution in [2.24, 2.45) is 46.3 Å². The molecule has 4 aliphatic carbocycles. The zero-order valence-corrected chi connectivity index (χ0v) is 20.6. The molecule has 4 fully saturated rings. The highest BCUT2D eigenvalue weighted by Gasteiger charge is 2.62. The molecule has 1 aromatic rings. The summed E-state index contributed by atoms with van der Waals surface area (Å²) in [6, 6.07) is 7.79. The van der Waals surface area contributed by atoms with Crippen LogP contribution in [-0.4, -0.2) is 26.6 Å². The highest BCUT2D eigenvalue weighted by Crippen LogP contribution is 2.68. The Morgan fingerprint density at radius 1 is 0.969 bits per heavy atom. The Kier molecular flexibility index (Phi) is 5.93. The van der Waals surface area contributed by atoms with Gasteiger partial charge in [-0.2, -0.15) is 0 Å². The summed E-state index contributed by atoms with van der Waals surface area (Å²) in [6.45, 7) is 5.86. The summed E-state index contributed by atoms with van der Waals surface area (Å²) in [5.41, 5.74) is 1.41. The van der Waals surface area contributed by atoms with Crippen molar-refractivity contribution in [3.63, 3.8) is 0 Å². The molecule has 0 aliphatic heterocycles. The second-order valence-corrected chi connectivity index (χ2v) is 12.0. The molecule has 1 aromatic carbocycles. The summed E-state index contributed by atoms with van der Waals surface area (Å²) in [5.74, 6) is 5.33. The van der Waals surface area contributed by atoms with Crippen LogP contribution in [0.15, 0.2) is 24.3 Å². The van der Waals surface area contributed by atoms with Crippen LogP contribution < -0.4 is 4.74 Å². The first-order valence-electron chi connectivity index (χ1n) is 13.1. The summed E-state index contributed by atoms with van der Waals surface area (Å²) in [4.78, 5) is 13.6. The van der Waals surface area contributed by atoms with E-state index in [-0.39, 0.29) is 11.3 Å². The van der Waals surface area contributed by atoms with E-state index in [1.54, 1.807) is 7.11 Å². The fraction of sp³-hybridized carbons (Fsp3) is 0.759. The van der Waals surface area contributed by atoms with Gasteiger partial charge in [0.25, 0.3) is 0 Å². The fourth-order valence-electron chi connectivity index (χ4n) is 9.20. The number of ether oxygens (including phenoxy) is 2. The average molecular weight is 439 g/mol. The molecule has 0 saturated heterocycles. The van der Waals surface area contributed by atoms with Crippen LogP contribution in [0.1, 0.15) is 82.0 Å². The smallest absolute Gasteiger partial charge is 0.166 e. The second-order valence-electron chi connectivity index (χ2n) is 12.0. The zero-order chi connectivity index (χ0) is 22.5. The van der Waals surface area contributed by atoms with Gasteiger partial charge in [-0.3, -0.25) is 4.79 Å². The lowest BCUT2D eigenvalue weighted by Gasteiger charge is -2.61. The molecule has 0 aromatic heterocycles. The molecular weight excluding hydrogens is 396 g/mol. The Morgan fingerprint density at radius 2 is 1.75 bits per heavy atom. The van der Waals surface area contributed by atoms with E-state index in [1.165, 1.54) is 51.4 Å². The molecule has 0 spiro atoms. The van der Waals surface area contributed by atoms with Crippen molar-refractivity contribution in [1.29, 1.82) is 0 Å². The minimum Gasteiger partial charge on any atom is -0.497 e. The molecule has 3 heteroatoms. The number of fused-ring (bicyclic) bond motifs is 5. The van der Waals surface area contributed by atoms with Gasteiger partial charge >= 0.3 is 0 Å². The molecular formula is C29H42O3. The zero-order valence-electron chi connectivity index (χ0n) is 20.6. The van der Waals surface area contributed by atoms with Gasteiger partial charge in [0, 0.05) is 18.6 Å². The maximum Gasteiger partial charge on any atom is 0.166 e. The normalized spacial score (nSPS) is 43.1. The number of ketones is 1. The van der Waals surface area contributed by atoms with Crippen molar-refractivity contribution in [1.82, 2.24) is 0 Å². The van der Waals surface area contributed by atoms with Crippen LogP contribution in [-0.2, 0) is 4.74 Å². The lowest BCUT2D eigenvalue weighted by molar-refractivity contribution is -0.148. The molecule has 5 rings (SSSR count). The van der Waals surface area contributed by atoms with E-state index < -0.39 is 0 Å². The van der Waals surface area contributed by atoms with Crippen LogP contribution in [0.5, 0.6) is 5.75 Å². The predicted molar refractivity (Wildman–Crippen MR) is 128 cm³/mol. The van der Waals surface area contributed by atoms with Gasteiger partial charge in [-0.05, 0) is 116 Å². The van der Waals surface area contributed by atoms with E-state index in [2.05, 4.69) is 13.8 Å². The van der Waals surface area contributed by atoms with Gasteiger partial charge in [-0.25, -0.2) is 0 Å². The maximum absolute atomic E-state index is 13.6. The van der Waals surface area contributed by atoms with E-state index in [0.717, 1.165) is 48.0 Å². The number of rotatable bonds is 5. The average Bonchev–Trinajstić information content (AvgIpc) is 3.16. The Morgan fingerprint density at radius 3 is 2.47 bits per heavy atom. The van der Waals surface area contributed by atoms with Gasteiger partial charge in [0.05, 0.1) is 13.7 Å². The Balaban J connectivity index is 1.40. The summed E-state index contributed by atoms with van der Waals surface area (Å²) >= 11 is 0. The molecule has 0 radical (unpaired) electrons. The first-order valence-corrected chi connectivity index (χ1v) is 13.1. The number of benzene rings is 1. The minimum atomic E-state index is 0.154. The van der Waals surface area contributed by atoms with Gasteiger partial charge < -0.3 is 9.47 Å². The lowest BCUT2D eigenvalue weighted by atomic mass is 9.43. The molecule has 4 aliphatic rings. The third-order valence-corrected chi connectivity index (χ3v) is 10.7. The second kappa shape index (κ2) is 8.46. The third-order valence-electron chi connectivity index (χ3n) is 10.7. The summed E-state index contributed by atoms with van der Waals surface area (Å²) in [6.07, 6.45) is 11.6. The highest BCUT2D eigenvalue weighted by atomic mass is 16.5. The van der Waals surface area contributed by atoms with Crippen molar-refractivity contribution < 1.29 is 14.3 Å². The van der Waals surface area contributed by atoms with Crippen molar-refractivity contribution in [2.45, 2.75) is 71.6 Å². The van der Waals surface area contributed by atoms with E-state index in [4.69, 9.17) is 9.47 Å². The molecule has 0 heterocycles. The van der Waals surface area contributed by atoms with E-state index in [9.17, 15) is 4.79 Å². The monoisotopic (exact) mass is 438 g/mol. The molecule has 0 amide bonds. The van der Waals surface area contributed by atoms with Gasteiger partial charge in [0.1, 0.15) is 5.75 Å². The van der Waals surface area contributed by atoms with Crippen molar-refractivity contribution in [2.75, 3.05) is 20.8 Å². The number of Topliss-reactive ketones (excluding diaryl/α,β-unsaturated/α-hetero) is 1. The van der Waals surface area contributed by atoms with Crippen LogP contribution in [0, 0.1) is 46.3 Å². The van der Waals surface area contributed by atoms with Crippen molar-refractivity contribution in [3.8, 4) is 5.75 Å². The summed E-state index contributed by atoms with van der Waals surface area (Å²) in [7, 11) is 3.59. The first kappa shape index (κ1) is 22.4. The quantitative estimate of drug-likeness (QED) is 0.474. The Bertz CT molecular complexity index is 831. The van der Waals surface area contributed by atoms with Gasteiger partial charge in [-0.1, -0.05) is 20.3 Å². The lowest BCUT2D eigenvalue weighted by Crippen LogP contribution is -2.56. The van der Waals surface area contributed by atoms with Gasteiger partial charge in [0.2, 0.25) is 0 Å². The minimum absolute atomic E-state index is 0.154. The molecule has 8 unspecified atom stereocenters. The van der Waals surface area contributed by atoms with Crippen LogP contribution in [0.25, 0.3) is 0 Å². The number of hydrogen-bond acceptors (Lipinski definition) is 3. The van der Waals surface area contributed by atoms with Gasteiger partial charge in [0.15, 0.2) is 5.78 Å². The van der Waals surface area contributed by atoms with Crippen LogP contribution >= 0.6 is 0 Å². The highest BCUT2D eigenvalue weighted by molar-refractivity contribution is 5.98. The molecule has 8 atom stereocenters. The molecule has 176 valence electrons. The predicted octanol–water partition coefficient (Wildman–Crippen LogP) is 6.80. The Hall–Kier alpha value is -1.35. The molecule has 32 heavy (non-hydrogen) atoms. The summed E-state index contributed by atoms with van der Waals surface area (Å²) in [5, 5.41) is 0. The first-order chi connectivity index (χ1) is 15.4. The van der Waals surface area contributed by atoms with Crippen LogP contribution in [0.4, 0.5) is 0 Å². The SMILES string of the molecule is COCC12CCC(C)CC1CCC1C3CCC(C(=O)c4ccc(OC)cc4)C3(C)CCC12. The third kappa shape index (κ3) is 3.37. The molecule has 0 bridgehead atoms. The fourth-order valence-corrected chi connectivity index (χ4v) is 9.20. The van der Waals surface area contributed by atoms with Crippen molar-refractivity contribution in [3.05, 3.63) is 29.8 Å². The van der Waals surface area contributed by atoms with Crippen LogP contribution in [0.3, 0.4) is 0 Å². The number of hydrogen-bond donors (Lipinski definition) is 0. The molecule has 0 N–H and O–H groups in total. The molecule has 3 nitrogen and oxygen atoms in total. The van der Waals surface area contributed by atoms with Crippen LogP contribution in [0.2, 0.25) is 0 Å². The summed E-state index contributed by atoms with van der Waals surface area (Å²) < 4.78 is 11.2. The molecule has 4 saturated carbocycles. The van der Waals surface area contributed by atoms with E-state index in [0.29, 0.717) is 17.1 Å².